The highest BCUT2D eigenvalue weighted by Crippen LogP contribution is 2.13. The summed E-state index contributed by atoms with van der Waals surface area (Å²) >= 11 is 0. The van der Waals surface area contributed by atoms with Crippen molar-refractivity contribution in [1.29, 1.82) is 0 Å². The van der Waals surface area contributed by atoms with Crippen molar-refractivity contribution in [3.8, 4) is 0 Å². The van der Waals surface area contributed by atoms with E-state index in [1.54, 1.807) is 6.08 Å². The van der Waals surface area contributed by atoms with Crippen LogP contribution < -0.4 is 5.32 Å². The Hall–Kier alpha value is -0.870. The lowest BCUT2D eigenvalue weighted by atomic mass is 10.0. The van der Waals surface area contributed by atoms with Crippen LogP contribution in [0.15, 0.2) is 12.2 Å². The van der Waals surface area contributed by atoms with Crippen LogP contribution in [0.1, 0.15) is 162 Å². The van der Waals surface area contributed by atoms with Crippen LogP contribution in [0.4, 0.5) is 0 Å². The zero-order valence-corrected chi connectivity index (χ0v) is 23.6. The van der Waals surface area contributed by atoms with Gasteiger partial charge in [-0.25, -0.2) is 0 Å². The molecule has 0 saturated heterocycles. The first-order chi connectivity index (χ1) is 17.2. The molecule has 0 fully saturated rings. The van der Waals surface area contributed by atoms with Gasteiger partial charge in [-0.15, -0.1) is 0 Å². The van der Waals surface area contributed by atoms with Crippen molar-refractivity contribution in [1.82, 2.24) is 5.32 Å². The van der Waals surface area contributed by atoms with Gasteiger partial charge in [0.15, 0.2) is 0 Å². The number of carbonyl (C=O) groups excluding carboxylic acids is 1. The summed E-state index contributed by atoms with van der Waals surface area (Å²) < 4.78 is 0. The second kappa shape index (κ2) is 27.7. The van der Waals surface area contributed by atoms with E-state index < -0.39 is 12.1 Å². The summed E-state index contributed by atoms with van der Waals surface area (Å²) in [7, 11) is 0. The highest BCUT2D eigenvalue weighted by molar-refractivity contribution is 5.76. The van der Waals surface area contributed by atoms with Gasteiger partial charge in [-0.2, -0.15) is 0 Å². The molecule has 0 rings (SSSR count). The predicted octanol–water partition coefficient (Wildman–Crippen LogP) is 8.39. The van der Waals surface area contributed by atoms with Crippen LogP contribution in [0.5, 0.6) is 0 Å². The minimum absolute atomic E-state index is 0.0675. The van der Waals surface area contributed by atoms with Crippen LogP contribution in [0.2, 0.25) is 0 Å². The van der Waals surface area contributed by atoms with Crippen LogP contribution in [0.3, 0.4) is 0 Å². The van der Waals surface area contributed by atoms with E-state index in [0.717, 1.165) is 25.7 Å². The van der Waals surface area contributed by atoms with Gasteiger partial charge in [-0.05, 0) is 19.3 Å². The van der Waals surface area contributed by atoms with Crippen LogP contribution >= 0.6 is 0 Å². The van der Waals surface area contributed by atoms with Crippen LogP contribution in [0.25, 0.3) is 0 Å². The predicted molar refractivity (Wildman–Crippen MR) is 152 cm³/mol. The number of nitrogens with one attached hydrogen (secondary N) is 1. The Morgan fingerprint density at radius 3 is 1.49 bits per heavy atom. The molecule has 0 bridgehead atoms. The van der Waals surface area contributed by atoms with Gasteiger partial charge in [0, 0.05) is 6.42 Å². The minimum Gasteiger partial charge on any atom is -0.394 e. The van der Waals surface area contributed by atoms with Crippen molar-refractivity contribution >= 4 is 5.91 Å². The van der Waals surface area contributed by atoms with E-state index in [1.807, 2.05) is 6.08 Å². The van der Waals surface area contributed by atoms with Gasteiger partial charge in [0.05, 0.1) is 18.8 Å². The maximum absolute atomic E-state index is 12.2. The zero-order chi connectivity index (χ0) is 25.8. The molecule has 2 atom stereocenters. The van der Waals surface area contributed by atoms with Crippen molar-refractivity contribution in [3.05, 3.63) is 12.2 Å². The SMILES string of the molecule is CCCCCCCCCCCC/C=C/[C@@H](O)[C@H](CO)NC(=O)CCCCCCCCCCCCC. The Labute approximate surface area is 218 Å². The Morgan fingerprint density at radius 1 is 0.657 bits per heavy atom. The lowest BCUT2D eigenvalue weighted by molar-refractivity contribution is -0.123. The van der Waals surface area contributed by atoms with Crippen molar-refractivity contribution in [2.24, 2.45) is 0 Å². The number of carbonyl (C=O) groups is 1. The molecular weight excluding hydrogens is 434 g/mol. The molecule has 0 saturated carbocycles. The molecule has 0 spiro atoms. The fourth-order valence-corrected chi connectivity index (χ4v) is 4.59. The van der Waals surface area contributed by atoms with E-state index in [-0.39, 0.29) is 12.5 Å². The highest BCUT2D eigenvalue weighted by Gasteiger charge is 2.17. The molecule has 1 amide bonds. The van der Waals surface area contributed by atoms with Crippen molar-refractivity contribution in [3.63, 3.8) is 0 Å². The van der Waals surface area contributed by atoms with E-state index in [9.17, 15) is 15.0 Å². The molecule has 35 heavy (non-hydrogen) atoms. The molecule has 0 aliphatic carbocycles. The summed E-state index contributed by atoms with van der Waals surface area (Å²) in [6, 6.07) is -0.612. The Morgan fingerprint density at radius 2 is 1.06 bits per heavy atom. The van der Waals surface area contributed by atoms with E-state index in [1.165, 1.54) is 116 Å². The normalized spacial score (nSPS) is 13.4. The molecule has 0 radical (unpaired) electrons. The van der Waals surface area contributed by atoms with Crippen molar-refractivity contribution in [2.75, 3.05) is 6.61 Å². The zero-order valence-electron chi connectivity index (χ0n) is 23.6. The first kappa shape index (κ1) is 34.1. The van der Waals surface area contributed by atoms with Crippen molar-refractivity contribution < 1.29 is 15.0 Å². The summed E-state index contributed by atoms with van der Waals surface area (Å²) in [5, 5.41) is 22.7. The van der Waals surface area contributed by atoms with Crippen LogP contribution in [-0.4, -0.2) is 34.9 Å². The number of aliphatic hydroxyl groups excluding tert-OH is 2. The number of allylic oxidation sites excluding steroid dienone is 1. The number of hydrogen-bond acceptors (Lipinski definition) is 3. The molecule has 0 heterocycles. The fourth-order valence-electron chi connectivity index (χ4n) is 4.59. The molecule has 0 unspecified atom stereocenters. The maximum atomic E-state index is 12.2. The average Bonchev–Trinajstić information content (AvgIpc) is 2.86. The molecule has 3 N–H and O–H groups in total. The van der Waals surface area contributed by atoms with Gasteiger partial charge >= 0.3 is 0 Å². The molecule has 208 valence electrons. The minimum atomic E-state index is -0.829. The molecule has 4 nitrogen and oxygen atoms in total. The van der Waals surface area contributed by atoms with Gasteiger partial charge < -0.3 is 15.5 Å². The Balaban J connectivity index is 3.67. The molecule has 0 aromatic carbocycles. The third-order valence-electron chi connectivity index (χ3n) is 7.02. The number of aliphatic hydroxyl groups is 2. The lowest BCUT2D eigenvalue weighted by Gasteiger charge is -2.20. The van der Waals surface area contributed by atoms with Crippen LogP contribution in [-0.2, 0) is 4.79 Å². The van der Waals surface area contributed by atoms with E-state index >= 15 is 0 Å². The summed E-state index contributed by atoms with van der Waals surface area (Å²) in [6.45, 7) is 4.27. The van der Waals surface area contributed by atoms with Gasteiger partial charge in [0.25, 0.3) is 0 Å². The van der Waals surface area contributed by atoms with Gasteiger partial charge in [0.1, 0.15) is 0 Å². The van der Waals surface area contributed by atoms with Gasteiger partial charge in [-0.3, -0.25) is 4.79 Å². The maximum Gasteiger partial charge on any atom is 0.220 e. The largest absolute Gasteiger partial charge is 0.394 e. The number of rotatable bonds is 27. The second-order valence-corrected chi connectivity index (χ2v) is 10.5. The monoisotopic (exact) mass is 495 g/mol. The van der Waals surface area contributed by atoms with Gasteiger partial charge in [-0.1, -0.05) is 148 Å². The third-order valence-corrected chi connectivity index (χ3v) is 7.02. The summed E-state index contributed by atoms with van der Waals surface area (Å²) in [4.78, 5) is 12.2. The van der Waals surface area contributed by atoms with E-state index in [0.29, 0.717) is 6.42 Å². The van der Waals surface area contributed by atoms with E-state index in [2.05, 4.69) is 19.2 Å². The average molecular weight is 496 g/mol. The highest BCUT2D eigenvalue weighted by atomic mass is 16.3. The van der Waals surface area contributed by atoms with Gasteiger partial charge in [0.2, 0.25) is 5.91 Å². The van der Waals surface area contributed by atoms with Crippen molar-refractivity contribution in [2.45, 2.75) is 174 Å². The Bertz CT molecular complexity index is 466. The topological polar surface area (TPSA) is 69.6 Å². The molecular formula is C31H61NO3. The lowest BCUT2D eigenvalue weighted by Crippen LogP contribution is -2.45. The molecule has 4 heteroatoms. The third kappa shape index (κ3) is 24.6. The summed E-state index contributed by atoms with van der Waals surface area (Å²) in [5.41, 5.74) is 0. The first-order valence-electron chi connectivity index (χ1n) is 15.4. The number of amides is 1. The Kier molecular flexibility index (Phi) is 27.0. The second-order valence-electron chi connectivity index (χ2n) is 10.5. The first-order valence-corrected chi connectivity index (χ1v) is 15.4. The fraction of sp³-hybridized carbons (Fsp3) is 0.903. The van der Waals surface area contributed by atoms with E-state index in [4.69, 9.17) is 0 Å². The smallest absolute Gasteiger partial charge is 0.220 e. The molecule has 0 aliphatic rings. The summed E-state index contributed by atoms with van der Waals surface area (Å²) in [6.07, 6.45) is 31.3. The number of unbranched alkanes of at least 4 members (excludes halogenated alkanes) is 20. The summed E-state index contributed by atoms with van der Waals surface area (Å²) in [5.74, 6) is -0.0675. The standard InChI is InChI=1S/C31H61NO3/c1-3-5-7-9-11-13-15-17-18-20-22-24-26-30(34)29(28-33)32-31(35)27-25-23-21-19-16-14-12-10-8-6-4-2/h24,26,29-30,33-34H,3-23,25,27-28H2,1-2H3,(H,32,35)/b26-24+/t29-,30+/m0/s1. The number of hydrogen-bond donors (Lipinski definition) is 3. The molecule has 0 aliphatic heterocycles. The molecule has 0 aromatic heterocycles. The quantitative estimate of drug-likeness (QED) is 0.0791. The molecule has 0 aromatic rings. The van der Waals surface area contributed by atoms with Crippen LogP contribution in [0, 0.1) is 0 Å².